The molecule has 2 saturated heterocycles. The van der Waals surface area contributed by atoms with E-state index in [0.29, 0.717) is 11.4 Å². The summed E-state index contributed by atoms with van der Waals surface area (Å²) >= 11 is 0. The van der Waals surface area contributed by atoms with E-state index >= 15 is 0 Å². The van der Waals surface area contributed by atoms with Gasteiger partial charge in [-0.3, -0.25) is 9.80 Å². The number of rotatable bonds is 6. The Bertz CT molecular complexity index is 821. The Morgan fingerprint density at radius 1 is 1.03 bits per heavy atom. The van der Waals surface area contributed by atoms with Crippen molar-refractivity contribution >= 4 is 5.82 Å². The molecule has 1 aromatic heterocycles. The molecule has 2 aliphatic rings. The lowest BCUT2D eigenvalue weighted by atomic mass is 9.87. The molecule has 1 N–H and O–H groups in total. The predicted molar refractivity (Wildman–Crippen MR) is 114 cm³/mol. The number of aromatic nitrogens is 1. The predicted octanol–water partition coefficient (Wildman–Crippen LogP) is 2.73. The van der Waals surface area contributed by atoms with Crippen molar-refractivity contribution in [3.63, 3.8) is 0 Å². The van der Waals surface area contributed by atoms with Gasteiger partial charge in [0.2, 0.25) is 0 Å². The molecule has 0 saturated carbocycles. The number of hydrogen-bond acceptors (Lipinski definition) is 6. The van der Waals surface area contributed by atoms with Crippen molar-refractivity contribution in [3.8, 4) is 6.07 Å². The van der Waals surface area contributed by atoms with Crippen LogP contribution in [-0.2, 0) is 11.3 Å². The normalized spacial score (nSPS) is 20.1. The maximum atomic E-state index is 9.35. The summed E-state index contributed by atoms with van der Waals surface area (Å²) in [5, 5.41) is 12.8. The fourth-order valence-electron chi connectivity index (χ4n) is 4.46. The Labute approximate surface area is 173 Å². The van der Waals surface area contributed by atoms with Gasteiger partial charge in [-0.1, -0.05) is 30.3 Å². The molecular formula is C23H29N5O. The van der Waals surface area contributed by atoms with E-state index in [1.54, 1.807) is 12.3 Å². The molecule has 3 heterocycles. The third kappa shape index (κ3) is 4.76. The molecule has 6 nitrogen and oxygen atoms in total. The maximum absolute atomic E-state index is 9.35. The highest BCUT2D eigenvalue weighted by Gasteiger charge is 2.39. The highest BCUT2D eigenvalue weighted by atomic mass is 16.5. The van der Waals surface area contributed by atoms with Gasteiger partial charge < -0.3 is 10.1 Å². The number of anilines is 1. The van der Waals surface area contributed by atoms with Crippen molar-refractivity contribution in [2.75, 3.05) is 51.3 Å². The molecular weight excluding hydrogens is 362 g/mol. The molecule has 0 unspecified atom stereocenters. The molecule has 0 spiro atoms. The molecule has 2 fully saturated rings. The lowest BCUT2D eigenvalue weighted by Gasteiger charge is -2.49. The summed E-state index contributed by atoms with van der Waals surface area (Å²) in [5.74, 6) is 0.684. The van der Waals surface area contributed by atoms with E-state index < -0.39 is 0 Å². The number of ether oxygens (including phenoxy) is 1. The number of nitrogens with one attached hydrogen (secondary N) is 1. The summed E-state index contributed by atoms with van der Waals surface area (Å²) in [4.78, 5) is 9.56. The Kier molecular flexibility index (Phi) is 6.40. The molecule has 0 bridgehead atoms. The largest absolute Gasteiger partial charge is 0.381 e. The third-order valence-electron chi connectivity index (χ3n) is 6.23. The molecule has 2 aromatic rings. The van der Waals surface area contributed by atoms with Crippen molar-refractivity contribution in [1.82, 2.24) is 14.8 Å². The van der Waals surface area contributed by atoms with Crippen molar-refractivity contribution in [3.05, 3.63) is 59.8 Å². The Balaban J connectivity index is 1.40. The van der Waals surface area contributed by atoms with Gasteiger partial charge in [-0.2, -0.15) is 5.26 Å². The summed E-state index contributed by atoms with van der Waals surface area (Å²) in [6.45, 7) is 7.65. The fourth-order valence-corrected chi connectivity index (χ4v) is 4.46. The number of benzene rings is 1. The zero-order chi connectivity index (χ0) is 19.9. The Hall–Kier alpha value is -2.46. The van der Waals surface area contributed by atoms with Crippen molar-refractivity contribution in [2.45, 2.75) is 24.9 Å². The van der Waals surface area contributed by atoms with Gasteiger partial charge in [-0.05, 0) is 30.5 Å². The van der Waals surface area contributed by atoms with Crippen LogP contribution in [0.1, 0.15) is 24.0 Å². The van der Waals surface area contributed by atoms with Crippen molar-refractivity contribution in [2.24, 2.45) is 0 Å². The molecule has 0 atom stereocenters. The monoisotopic (exact) mass is 391 g/mol. The van der Waals surface area contributed by atoms with Gasteiger partial charge in [0.25, 0.3) is 0 Å². The second-order valence-electron chi connectivity index (χ2n) is 7.95. The van der Waals surface area contributed by atoms with Gasteiger partial charge in [0.1, 0.15) is 11.9 Å². The summed E-state index contributed by atoms with van der Waals surface area (Å²) in [6.07, 6.45) is 3.75. The van der Waals surface area contributed by atoms with Crippen LogP contribution in [0.2, 0.25) is 0 Å². The molecule has 6 heteroatoms. The molecule has 0 radical (unpaired) electrons. The fraction of sp³-hybridized carbons (Fsp3) is 0.478. The van der Waals surface area contributed by atoms with Gasteiger partial charge in [-0.25, -0.2) is 4.98 Å². The maximum Gasteiger partial charge on any atom is 0.143 e. The van der Waals surface area contributed by atoms with E-state index in [1.807, 2.05) is 6.07 Å². The second-order valence-corrected chi connectivity index (χ2v) is 7.95. The number of piperazine rings is 1. The average molecular weight is 392 g/mol. The van der Waals surface area contributed by atoms with E-state index in [1.165, 1.54) is 5.56 Å². The third-order valence-corrected chi connectivity index (χ3v) is 6.23. The molecule has 29 heavy (non-hydrogen) atoms. The smallest absolute Gasteiger partial charge is 0.143 e. The van der Waals surface area contributed by atoms with Crippen LogP contribution in [0.5, 0.6) is 0 Å². The van der Waals surface area contributed by atoms with Crippen LogP contribution in [0.25, 0.3) is 0 Å². The van der Waals surface area contributed by atoms with Gasteiger partial charge in [0.05, 0.1) is 5.56 Å². The van der Waals surface area contributed by atoms with Crippen LogP contribution in [0.4, 0.5) is 5.82 Å². The highest BCUT2D eigenvalue weighted by Crippen LogP contribution is 2.30. The highest BCUT2D eigenvalue weighted by molar-refractivity contribution is 5.51. The van der Waals surface area contributed by atoms with E-state index in [4.69, 9.17) is 4.74 Å². The number of nitrogens with zero attached hydrogens (tertiary/aromatic N) is 4. The number of nitriles is 1. The van der Waals surface area contributed by atoms with Crippen LogP contribution in [-0.4, -0.2) is 66.3 Å². The summed E-state index contributed by atoms with van der Waals surface area (Å²) < 4.78 is 5.68. The quantitative estimate of drug-likeness (QED) is 0.817. The molecule has 0 amide bonds. The SMILES string of the molecule is N#Cc1cccnc1NCC1(N2CCN(Cc3ccccc3)CC2)CCOCC1. The van der Waals surface area contributed by atoms with Crippen molar-refractivity contribution < 1.29 is 4.74 Å². The lowest BCUT2D eigenvalue weighted by Crippen LogP contribution is -2.61. The first-order valence-electron chi connectivity index (χ1n) is 10.5. The topological polar surface area (TPSA) is 64.4 Å². The second kappa shape index (κ2) is 9.36. The minimum Gasteiger partial charge on any atom is -0.381 e. The first kappa shape index (κ1) is 19.8. The Morgan fingerprint density at radius 3 is 2.52 bits per heavy atom. The zero-order valence-corrected chi connectivity index (χ0v) is 16.9. The number of pyridine rings is 1. The lowest BCUT2D eigenvalue weighted by molar-refractivity contribution is -0.0414. The molecule has 0 aliphatic carbocycles. The number of hydrogen-bond donors (Lipinski definition) is 1. The summed E-state index contributed by atoms with van der Waals surface area (Å²) in [6, 6.07) is 16.6. The molecule has 152 valence electrons. The van der Waals surface area contributed by atoms with Crippen LogP contribution in [0, 0.1) is 11.3 Å². The zero-order valence-electron chi connectivity index (χ0n) is 16.9. The minimum absolute atomic E-state index is 0.0569. The standard InChI is InChI=1S/C23H29N5O/c24-17-21-7-4-10-25-22(21)26-19-23(8-15-29-16-9-23)28-13-11-27(12-14-28)18-20-5-2-1-3-6-20/h1-7,10H,8-9,11-16,18-19H2,(H,25,26). The van der Waals surface area contributed by atoms with Gasteiger partial charge in [0, 0.05) is 64.2 Å². The molecule has 4 rings (SSSR count). The van der Waals surface area contributed by atoms with Crippen LogP contribution in [0.15, 0.2) is 48.7 Å². The average Bonchev–Trinajstić information content (AvgIpc) is 2.80. The van der Waals surface area contributed by atoms with E-state index in [0.717, 1.165) is 65.3 Å². The first-order chi connectivity index (χ1) is 14.3. The van der Waals surface area contributed by atoms with Gasteiger partial charge >= 0.3 is 0 Å². The van der Waals surface area contributed by atoms with Gasteiger partial charge in [-0.15, -0.1) is 0 Å². The summed E-state index contributed by atoms with van der Waals surface area (Å²) in [7, 11) is 0. The van der Waals surface area contributed by atoms with Crippen LogP contribution >= 0.6 is 0 Å². The van der Waals surface area contributed by atoms with E-state index in [2.05, 4.69) is 56.5 Å². The molecule has 2 aliphatic heterocycles. The van der Waals surface area contributed by atoms with Crippen molar-refractivity contribution in [1.29, 1.82) is 5.26 Å². The van der Waals surface area contributed by atoms with Crippen LogP contribution in [0.3, 0.4) is 0 Å². The summed E-state index contributed by atoms with van der Waals surface area (Å²) in [5.41, 5.74) is 2.03. The van der Waals surface area contributed by atoms with Crippen LogP contribution < -0.4 is 5.32 Å². The Morgan fingerprint density at radius 2 is 1.79 bits per heavy atom. The first-order valence-corrected chi connectivity index (χ1v) is 10.5. The molecule has 1 aromatic carbocycles. The van der Waals surface area contributed by atoms with Gasteiger partial charge in [0.15, 0.2) is 0 Å². The minimum atomic E-state index is 0.0569. The van der Waals surface area contributed by atoms with E-state index in [9.17, 15) is 5.26 Å². The van der Waals surface area contributed by atoms with E-state index in [-0.39, 0.29) is 5.54 Å².